The van der Waals surface area contributed by atoms with Crippen LogP contribution in [0.2, 0.25) is 0 Å². The highest BCUT2D eigenvalue weighted by Gasteiger charge is 2.21. The molecule has 10 nitrogen and oxygen atoms in total. The third kappa shape index (κ3) is 5.59. The molecule has 12 heteroatoms. The molecule has 1 amide bonds. The summed E-state index contributed by atoms with van der Waals surface area (Å²) in [7, 11) is 1.84. The normalized spacial score (nSPS) is 11.9. The molecule has 1 aromatic carbocycles. The van der Waals surface area contributed by atoms with Crippen LogP contribution in [-0.2, 0) is 13.5 Å². The number of benzene rings is 1. The molecule has 0 saturated carbocycles. The van der Waals surface area contributed by atoms with Gasteiger partial charge in [-0.3, -0.25) is 13.9 Å². The second kappa shape index (κ2) is 11.3. The lowest BCUT2D eigenvalue weighted by Crippen LogP contribution is -2.20. The molecule has 0 aliphatic rings. The van der Waals surface area contributed by atoms with E-state index in [-0.39, 0.29) is 17.6 Å². The molecule has 0 spiro atoms. The fraction of sp³-hybridized carbons (Fsp3) is 0.269. The third-order valence-corrected chi connectivity index (χ3v) is 5.64. The number of carbonyl (C=O) groups is 1. The number of carbonyl (C=O) groups excluding carboxylic acids is 1. The summed E-state index contributed by atoms with van der Waals surface area (Å²) in [5.74, 6) is -0.333. The second-order valence-electron chi connectivity index (χ2n) is 8.26. The minimum absolute atomic E-state index is 0.111. The van der Waals surface area contributed by atoms with E-state index in [1.54, 1.807) is 33.5 Å². The van der Waals surface area contributed by atoms with Crippen molar-refractivity contribution in [3.63, 3.8) is 0 Å². The Balaban J connectivity index is 0.00000164. The minimum Gasteiger partial charge on any atom is -0.387 e. The highest BCUT2D eigenvalue weighted by atomic mass is 19.3. The molecule has 0 saturated heterocycles. The number of amides is 1. The predicted molar refractivity (Wildman–Crippen MR) is 137 cm³/mol. The van der Waals surface area contributed by atoms with E-state index in [9.17, 15) is 18.7 Å². The van der Waals surface area contributed by atoms with Crippen LogP contribution in [0.5, 0.6) is 0 Å². The van der Waals surface area contributed by atoms with Crippen molar-refractivity contribution in [1.82, 2.24) is 29.3 Å². The van der Waals surface area contributed by atoms with Crippen LogP contribution < -0.4 is 5.32 Å². The van der Waals surface area contributed by atoms with Gasteiger partial charge in [0.25, 0.3) is 12.3 Å². The number of fused-ring (bicyclic) bond motifs is 1. The number of aliphatic hydroxyl groups is 1. The number of nitrogens with one attached hydrogen (secondary N) is 1. The first-order valence-electron chi connectivity index (χ1n) is 12.0. The summed E-state index contributed by atoms with van der Waals surface area (Å²) in [4.78, 5) is 21.5. The number of nitrogens with zero attached hydrogens (tertiary/aromatic N) is 6. The number of alkyl halides is 2. The topological polar surface area (TPSA) is 123 Å². The van der Waals surface area contributed by atoms with Crippen molar-refractivity contribution in [2.75, 3.05) is 5.32 Å². The molecule has 0 aliphatic carbocycles. The van der Waals surface area contributed by atoms with Crippen LogP contribution in [0.15, 0.2) is 59.5 Å². The zero-order valence-electron chi connectivity index (χ0n) is 21.3. The van der Waals surface area contributed by atoms with E-state index in [0.717, 1.165) is 16.8 Å². The number of imidazole rings is 1. The lowest BCUT2D eigenvalue weighted by atomic mass is 10.1. The number of anilines is 1. The van der Waals surface area contributed by atoms with E-state index in [1.807, 2.05) is 52.2 Å². The Bertz CT molecular complexity index is 1560. The Labute approximate surface area is 216 Å². The standard InChI is InChI=1S/C24H21F2N7O3.C2H6/c1-13-3-4-15(23-29-21(36-31-23)11-19(34)22(25)26)9-17(13)28-24(35)18-12-27-20-10-14(5-8-33(18)20)16-6-7-32(2)30-16;1-2/h3-10,12,19,22,34H,11H2,1-2H3,(H,28,35);1-2H3. The summed E-state index contributed by atoms with van der Waals surface area (Å²) in [5.41, 5.74) is 4.42. The molecule has 0 fully saturated rings. The number of hydrogen-bond acceptors (Lipinski definition) is 7. The fourth-order valence-corrected chi connectivity index (χ4v) is 3.68. The van der Waals surface area contributed by atoms with Gasteiger partial charge in [-0.2, -0.15) is 10.1 Å². The largest absolute Gasteiger partial charge is 0.387 e. The first-order chi connectivity index (χ1) is 18.3. The summed E-state index contributed by atoms with van der Waals surface area (Å²) >= 11 is 0. The van der Waals surface area contributed by atoms with E-state index in [1.165, 1.54) is 6.20 Å². The van der Waals surface area contributed by atoms with E-state index in [4.69, 9.17) is 4.52 Å². The predicted octanol–water partition coefficient (Wildman–Crippen LogP) is 4.54. The van der Waals surface area contributed by atoms with Crippen molar-refractivity contribution in [2.45, 2.75) is 39.7 Å². The van der Waals surface area contributed by atoms with Crippen LogP contribution in [0.3, 0.4) is 0 Å². The molecule has 4 heterocycles. The van der Waals surface area contributed by atoms with Gasteiger partial charge < -0.3 is 14.9 Å². The quantitative estimate of drug-likeness (QED) is 0.321. The highest BCUT2D eigenvalue weighted by molar-refractivity contribution is 6.04. The molecule has 0 aliphatic heterocycles. The van der Waals surface area contributed by atoms with Crippen molar-refractivity contribution in [3.05, 3.63) is 72.1 Å². The van der Waals surface area contributed by atoms with Crippen LogP contribution in [0.25, 0.3) is 28.3 Å². The van der Waals surface area contributed by atoms with Gasteiger partial charge in [-0.1, -0.05) is 31.1 Å². The van der Waals surface area contributed by atoms with Gasteiger partial charge in [0.2, 0.25) is 11.7 Å². The first-order valence-corrected chi connectivity index (χ1v) is 12.0. The van der Waals surface area contributed by atoms with Gasteiger partial charge in [0, 0.05) is 36.3 Å². The molecular weight excluding hydrogens is 496 g/mol. The zero-order chi connectivity index (χ0) is 27.4. The van der Waals surface area contributed by atoms with Gasteiger partial charge in [-0.05, 0) is 36.8 Å². The van der Waals surface area contributed by atoms with Crippen molar-refractivity contribution in [2.24, 2.45) is 7.05 Å². The zero-order valence-corrected chi connectivity index (χ0v) is 21.3. The van der Waals surface area contributed by atoms with Crippen molar-refractivity contribution in [1.29, 1.82) is 0 Å². The Morgan fingerprint density at radius 3 is 2.63 bits per heavy atom. The van der Waals surface area contributed by atoms with Gasteiger partial charge >= 0.3 is 0 Å². The average Bonchev–Trinajstić information content (AvgIpc) is 3.66. The summed E-state index contributed by atoms with van der Waals surface area (Å²) in [6.45, 7) is 5.83. The van der Waals surface area contributed by atoms with Crippen LogP contribution in [0, 0.1) is 6.92 Å². The van der Waals surface area contributed by atoms with Crippen LogP contribution >= 0.6 is 0 Å². The van der Waals surface area contributed by atoms with Crippen LogP contribution in [0.4, 0.5) is 14.5 Å². The maximum atomic E-state index is 13.1. The van der Waals surface area contributed by atoms with Gasteiger partial charge in [0.1, 0.15) is 17.4 Å². The molecule has 0 radical (unpaired) electrons. The minimum atomic E-state index is -2.91. The monoisotopic (exact) mass is 523 g/mol. The molecule has 1 atom stereocenters. The summed E-state index contributed by atoms with van der Waals surface area (Å²) in [6, 6.07) is 10.8. The Morgan fingerprint density at radius 1 is 1.13 bits per heavy atom. The van der Waals surface area contributed by atoms with E-state index >= 15 is 0 Å². The average molecular weight is 524 g/mol. The highest BCUT2D eigenvalue weighted by Crippen LogP contribution is 2.25. The fourth-order valence-electron chi connectivity index (χ4n) is 3.68. The molecule has 5 rings (SSSR count). The Hall–Kier alpha value is -4.45. The number of aromatic nitrogens is 6. The van der Waals surface area contributed by atoms with Crippen molar-refractivity contribution in [3.8, 4) is 22.6 Å². The molecule has 2 N–H and O–H groups in total. The lowest BCUT2D eigenvalue weighted by Gasteiger charge is -2.10. The molecule has 4 aromatic heterocycles. The number of pyridine rings is 1. The number of aryl methyl sites for hydroxylation is 2. The smallest absolute Gasteiger partial charge is 0.274 e. The van der Waals surface area contributed by atoms with Crippen molar-refractivity contribution >= 4 is 17.2 Å². The van der Waals surface area contributed by atoms with Crippen molar-refractivity contribution < 1.29 is 23.2 Å². The summed E-state index contributed by atoms with van der Waals surface area (Å²) in [5, 5.41) is 20.4. The van der Waals surface area contributed by atoms with Gasteiger partial charge in [-0.15, -0.1) is 0 Å². The van der Waals surface area contributed by atoms with Crippen LogP contribution in [-0.4, -0.2) is 52.8 Å². The summed E-state index contributed by atoms with van der Waals surface area (Å²) < 4.78 is 33.5. The molecule has 0 bridgehead atoms. The van der Waals surface area contributed by atoms with Gasteiger partial charge in [-0.25, -0.2) is 13.8 Å². The third-order valence-electron chi connectivity index (χ3n) is 5.64. The maximum absolute atomic E-state index is 13.1. The number of aliphatic hydroxyl groups excluding tert-OH is 1. The SMILES string of the molecule is CC.Cc1ccc(-c2noc(CC(O)C(F)F)n2)cc1NC(=O)c1cnc2cc(-c3ccn(C)n3)ccn12. The lowest BCUT2D eigenvalue weighted by molar-refractivity contribution is -0.00754. The molecule has 1 unspecified atom stereocenters. The second-order valence-corrected chi connectivity index (χ2v) is 8.26. The summed E-state index contributed by atoms with van der Waals surface area (Å²) in [6.07, 6.45) is -0.163. The Kier molecular flexibility index (Phi) is 7.91. The van der Waals surface area contributed by atoms with E-state index < -0.39 is 19.0 Å². The number of hydrogen-bond donors (Lipinski definition) is 2. The van der Waals surface area contributed by atoms with Gasteiger partial charge in [0.15, 0.2) is 0 Å². The molecule has 38 heavy (non-hydrogen) atoms. The number of halogens is 2. The van der Waals surface area contributed by atoms with Crippen LogP contribution in [0.1, 0.15) is 35.8 Å². The van der Waals surface area contributed by atoms with E-state index in [2.05, 4.69) is 25.5 Å². The molecule has 198 valence electrons. The van der Waals surface area contributed by atoms with E-state index in [0.29, 0.717) is 22.6 Å². The first kappa shape index (κ1) is 26.6. The molecule has 5 aromatic rings. The number of rotatable bonds is 7. The Morgan fingerprint density at radius 2 is 1.92 bits per heavy atom. The molecular formula is C26H27F2N7O3. The van der Waals surface area contributed by atoms with Gasteiger partial charge in [0.05, 0.1) is 18.3 Å². The maximum Gasteiger partial charge on any atom is 0.274 e.